The Morgan fingerprint density at radius 2 is 1.04 bits per heavy atom. The Morgan fingerprint density at radius 1 is 0.571 bits per heavy atom. The molecular weight excluding hydrogens is 346 g/mol. The van der Waals surface area contributed by atoms with Crippen LogP contribution in [0, 0.1) is 0 Å². The predicted octanol–water partition coefficient (Wildman–Crippen LogP) is 4.99. The minimum absolute atomic E-state index is 0.907. The predicted molar refractivity (Wildman–Crippen MR) is 115 cm³/mol. The third-order valence-corrected chi connectivity index (χ3v) is 5.00. The number of hydrogen-bond donors (Lipinski definition) is 0. The molecule has 3 rings (SSSR count). The van der Waals surface area contributed by atoms with Crippen LogP contribution < -0.4 is 9.47 Å². The fraction of sp³-hybridized carbons (Fsp3) is 0.280. The summed E-state index contributed by atoms with van der Waals surface area (Å²) in [5, 5.41) is 0. The van der Waals surface area contributed by atoms with Crippen molar-refractivity contribution in [3.63, 3.8) is 0 Å². The average Bonchev–Trinajstić information content (AvgIpc) is 2.77. The molecule has 3 nitrogen and oxygen atoms in total. The Bertz CT molecular complexity index is 762. The highest BCUT2D eigenvalue weighted by Gasteiger charge is 2.08. The van der Waals surface area contributed by atoms with Crippen molar-refractivity contribution in [2.24, 2.45) is 0 Å². The van der Waals surface area contributed by atoms with E-state index < -0.39 is 0 Å². The van der Waals surface area contributed by atoms with Crippen LogP contribution in [0.1, 0.15) is 16.7 Å². The minimum Gasteiger partial charge on any atom is -0.497 e. The van der Waals surface area contributed by atoms with Gasteiger partial charge in [0.25, 0.3) is 0 Å². The molecule has 0 aromatic heterocycles. The van der Waals surface area contributed by atoms with Crippen molar-refractivity contribution in [2.45, 2.75) is 19.4 Å². The van der Waals surface area contributed by atoms with Gasteiger partial charge in [-0.2, -0.15) is 0 Å². The van der Waals surface area contributed by atoms with Gasteiger partial charge in [0.1, 0.15) is 11.5 Å². The zero-order chi connectivity index (χ0) is 19.6. The summed E-state index contributed by atoms with van der Waals surface area (Å²) in [7, 11) is 3.41. The van der Waals surface area contributed by atoms with E-state index in [0.717, 1.165) is 44.0 Å². The molecule has 0 radical (unpaired) electrons. The number of ether oxygens (including phenoxy) is 2. The summed E-state index contributed by atoms with van der Waals surface area (Å²) in [6.45, 7) is 3.02. The fourth-order valence-corrected chi connectivity index (χ4v) is 3.27. The van der Waals surface area contributed by atoms with Crippen LogP contribution in [0.15, 0.2) is 78.9 Å². The summed E-state index contributed by atoms with van der Waals surface area (Å²) < 4.78 is 10.5. The van der Waals surface area contributed by atoms with Crippen molar-refractivity contribution in [1.82, 2.24) is 4.90 Å². The Balaban J connectivity index is 1.61. The molecule has 0 saturated heterocycles. The Morgan fingerprint density at radius 3 is 1.46 bits per heavy atom. The van der Waals surface area contributed by atoms with Crippen LogP contribution in [0.25, 0.3) is 0 Å². The van der Waals surface area contributed by atoms with E-state index >= 15 is 0 Å². The molecule has 0 bridgehead atoms. The first-order valence-corrected chi connectivity index (χ1v) is 9.79. The lowest BCUT2D eigenvalue weighted by Gasteiger charge is -2.23. The molecule has 0 amide bonds. The fourth-order valence-electron chi connectivity index (χ4n) is 3.27. The monoisotopic (exact) mass is 375 g/mol. The first-order valence-electron chi connectivity index (χ1n) is 9.79. The summed E-state index contributed by atoms with van der Waals surface area (Å²) in [6, 6.07) is 27.5. The van der Waals surface area contributed by atoms with Gasteiger partial charge in [0, 0.05) is 19.6 Å². The molecule has 3 aromatic rings. The third-order valence-electron chi connectivity index (χ3n) is 5.00. The lowest BCUT2D eigenvalue weighted by Crippen LogP contribution is -2.28. The van der Waals surface area contributed by atoms with Crippen LogP contribution in [-0.4, -0.2) is 32.2 Å². The van der Waals surface area contributed by atoms with Gasteiger partial charge in [-0.05, 0) is 53.8 Å². The molecule has 0 spiro atoms. The van der Waals surface area contributed by atoms with Crippen LogP contribution >= 0.6 is 0 Å². The maximum Gasteiger partial charge on any atom is 0.118 e. The van der Waals surface area contributed by atoms with E-state index in [4.69, 9.17) is 9.47 Å². The van der Waals surface area contributed by atoms with E-state index in [-0.39, 0.29) is 0 Å². The molecule has 3 heteroatoms. The van der Waals surface area contributed by atoms with Crippen LogP contribution in [0.2, 0.25) is 0 Å². The van der Waals surface area contributed by atoms with E-state index in [1.807, 2.05) is 24.3 Å². The summed E-state index contributed by atoms with van der Waals surface area (Å²) in [4.78, 5) is 2.53. The van der Waals surface area contributed by atoms with Crippen molar-refractivity contribution < 1.29 is 9.47 Å². The van der Waals surface area contributed by atoms with Gasteiger partial charge in [0.05, 0.1) is 14.2 Å². The Hall–Kier alpha value is -2.78. The highest BCUT2D eigenvalue weighted by atomic mass is 16.5. The second-order valence-corrected chi connectivity index (χ2v) is 6.96. The molecule has 28 heavy (non-hydrogen) atoms. The van der Waals surface area contributed by atoms with Gasteiger partial charge >= 0.3 is 0 Å². The largest absolute Gasteiger partial charge is 0.497 e. The van der Waals surface area contributed by atoms with E-state index in [0.29, 0.717) is 0 Å². The SMILES string of the molecule is COc1ccc(CCN(CCc2ccc(OC)cc2)Cc2ccccc2)cc1. The van der Waals surface area contributed by atoms with Crippen molar-refractivity contribution in [2.75, 3.05) is 27.3 Å². The van der Waals surface area contributed by atoms with E-state index in [1.54, 1.807) is 14.2 Å². The van der Waals surface area contributed by atoms with Gasteiger partial charge in [0.2, 0.25) is 0 Å². The molecular formula is C25H29NO2. The van der Waals surface area contributed by atoms with Crippen molar-refractivity contribution in [3.05, 3.63) is 95.6 Å². The standard InChI is InChI=1S/C25H29NO2/c1-27-24-12-8-21(9-13-24)16-18-26(20-23-6-4-3-5-7-23)19-17-22-10-14-25(28-2)15-11-22/h3-15H,16-20H2,1-2H3. The van der Waals surface area contributed by atoms with Crippen molar-refractivity contribution >= 4 is 0 Å². The lowest BCUT2D eigenvalue weighted by atomic mass is 10.1. The number of nitrogens with zero attached hydrogens (tertiary/aromatic N) is 1. The molecule has 0 atom stereocenters. The Labute approximate surface area is 168 Å². The smallest absolute Gasteiger partial charge is 0.118 e. The molecule has 0 aliphatic heterocycles. The summed E-state index contributed by atoms with van der Waals surface area (Å²) in [6.07, 6.45) is 2.05. The molecule has 0 N–H and O–H groups in total. The van der Waals surface area contributed by atoms with E-state index in [9.17, 15) is 0 Å². The molecule has 0 saturated carbocycles. The minimum atomic E-state index is 0.907. The molecule has 0 unspecified atom stereocenters. The lowest BCUT2D eigenvalue weighted by molar-refractivity contribution is 0.272. The van der Waals surface area contributed by atoms with Gasteiger partial charge in [-0.25, -0.2) is 0 Å². The first kappa shape index (κ1) is 20.0. The molecule has 0 aliphatic carbocycles. The van der Waals surface area contributed by atoms with Gasteiger partial charge < -0.3 is 9.47 Å². The van der Waals surface area contributed by atoms with Gasteiger partial charge in [0.15, 0.2) is 0 Å². The zero-order valence-corrected chi connectivity index (χ0v) is 16.8. The summed E-state index contributed by atoms with van der Waals surface area (Å²) >= 11 is 0. The topological polar surface area (TPSA) is 21.7 Å². The maximum absolute atomic E-state index is 5.26. The normalized spacial score (nSPS) is 10.8. The summed E-state index contributed by atoms with van der Waals surface area (Å²) in [5.41, 5.74) is 4.03. The molecule has 0 heterocycles. The first-order chi connectivity index (χ1) is 13.8. The zero-order valence-electron chi connectivity index (χ0n) is 16.8. The van der Waals surface area contributed by atoms with E-state index in [2.05, 4.69) is 59.5 Å². The van der Waals surface area contributed by atoms with Crippen LogP contribution in [-0.2, 0) is 19.4 Å². The van der Waals surface area contributed by atoms with Gasteiger partial charge in [-0.15, -0.1) is 0 Å². The van der Waals surface area contributed by atoms with E-state index in [1.165, 1.54) is 16.7 Å². The highest BCUT2D eigenvalue weighted by Crippen LogP contribution is 2.15. The number of rotatable bonds is 10. The summed E-state index contributed by atoms with van der Waals surface area (Å²) in [5.74, 6) is 1.81. The van der Waals surface area contributed by atoms with Gasteiger partial charge in [-0.1, -0.05) is 54.6 Å². The molecule has 3 aromatic carbocycles. The molecule has 146 valence electrons. The van der Waals surface area contributed by atoms with Gasteiger partial charge in [-0.3, -0.25) is 4.90 Å². The average molecular weight is 376 g/mol. The molecule has 0 aliphatic rings. The number of benzene rings is 3. The third kappa shape index (κ3) is 6.14. The second-order valence-electron chi connectivity index (χ2n) is 6.96. The van der Waals surface area contributed by atoms with Crippen LogP contribution in [0.3, 0.4) is 0 Å². The van der Waals surface area contributed by atoms with Crippen molar-refractivity contribution in [3.8, 4) is 11.5 Å². The number of methoxy groups -OCH3 is 2. The quantitative estimate of drug-likeness (QED) is 0.498. The molecule has 0 fully saturated rings. The van der Waals surface area contributed by atoms with Crippen molar-refractivity contribution in [1.29, 1.82) is 0 Å². The maximum atomic E-state index is 5.26. The highest BCUT2D eigenvalue weighted by molar-refractivity contribution is 5.28. The Kier molecular flexibility index (Phi) is 7.51. The van der Waals surface area contributed by atoms with Crippen LogP contribution in [0.5, 0.6) is 11.5 Å². The second kappa shape index (κ2) is 10.5. The van der Waals surface area contributed by atoms with Crippen LogP contribution in [0.4, 0.5) is 0 Å². The number of hydrogen-bond acceptors (Lipinski definition) is 3.